The predicted molar refractivity (Wildman–Crippen MR) is 55.8 cm³/mol. The molecule has 0 heterocycles. The standard InChI is InChI=1S/C11H21NO2/c1-2-14-11(13)10(12)9-7-5-3-4-6-8-9/h9-10H,2-8,12H2,1H3/t10-/m1/s1. The Morgan fingerprint density at radius 1 is 1.36 bits per heavy atom. The van der Waals surface area contributed by atoms with Gasteiger partial charge in [-0.2, -0.15) is 0 Å². The average molecular weight is 199 g/mol. The molecule has 1 atom stereocenters. The van der Waals surface area contributed by atoms with Crippen LogP contribution >= 0.6 is 0 Å². The van der Waals surface area contributed by atoms with Crippen LogP contribution in [0.4, 0.5) is 0 Å². The van der Waals surface area contributed by atoms with Gasteiger partial charge >= 0.3 is 5.97 Å². The summed E-state index contributed by atoms with van der Waals surface area (Å²) in [6.45, 7) is 2.25. The largest absolute Gasteiger partial charge is 0.465 e. The third-order valence-electron chi connectivity index (χ3n) is 2.97. The van der Waals surface area contributed by atoms with Gasteiger partial charge in [-0.05, 0) is 25.7 Å². The van der Waals surface area contributed by atoms with Gasteiger partial charge in [0.25, 0.3) is 0 Å². The molecular weight excluding hydrogens is 178 g/mol. The average Bonchev–Trinajstić information content (AvgIpc) is 2.45. The summed E-state index contributed by atoms with van der Waals surface area (Å²) in [5, 5.41) is 0. The number of ether oxygens (including phenoxy) is 1. The highest BCUT2D eigenvalue weighted by Gasteiger charge is 2.26. The molecule has 14 heavy (non-hydrogen) atoms. The van der Waals surface area contributed by atoms with Crippen LogP contribution in [-0.4, -0.2) is 18.6 Å². The molecule has 3 heteroatoms. The molecule has 0 aliphatic heterocycles. The van der Waals surface area contributed by atoms with E-state index in [-0.39, 0.29) is 5.97 Å². The molecule has 0 bridgehead atoms. The van der Waals surface area contributed by atoms with Crippen molar-refractivity contribution in [1.29, 1.82) is 0 Å². The van der Waals surface area contributed by atoms with Gasteiger partial charge in [0, 0.05) is 0 Å². The van der Waals surface area contributed by atoms with Gasteiger partial charge in [-0.1, -0.05) is 25.7 Å². The van der Waals surface area contributed by atoms with E-state index in [2.05, 4.69) is 0 Å². The van der Waals surface area contributed by atoms with Gasteiger partial charge in [-0.3, -0.25) is 4.79 Å². The molecule has 1 aliphatic carbocycles. The molecular formula is C11H21NO2. The van der Waals surface area contributed by atoms with Crippen LogP contribution in [0.25, 0.3) is 0 Å². The molecule has 1 rings (SSSR count). The summed E-state index contributed by atoms with van der Waals surface area (Å²) in [6, 6.07) is -0.395. The first-order valence-corrected chi connectivity index (χ1v) is 5.68. The predicted octanol–water partition coefficient (Wildman–Crippen LogP) is 1.85. The smallest absolute Gasteiger partial charge is 0.323 e. The Bertz CT molecular complexity index is 174. The van der Waals surface area contributed by atoms with Crippen LogP contribution in [0.1, 0.15) is 45.4 Å². The number of rotatable bonds is 3. The van der Waals surface area contributed by atoms with Crippen molar-refractivity contribution in [2.24, 2.45) is 11.7 Å². The van der Waals surface area contributed by atoms with Crippen molar-refractivity contribution in [3.8, 4) is 0 Å². The quantitative estimate of drug-likeness (QED) is 0.557. The Balaban J connectivity index is 2.40. The van der Waals surface area contributed by atoms with Gasteiger partial charge in [0.1, 0.15) is 6.04 Å². The van der Waals surface area contributed by atoms with Crippen molar-refractivity contribution in [2.45, 2.75) is 51.5 Å². The van der Waals surface area contributed by atoms with Crippen molar-refractivity contribution >= 4 is 5.97 Å². The molecule has 0 unspecified atom stereocenters. The van der Waals surface area contributed by atoms with Gasteiger partial charge in [-0.15, -0.1) is 0 Å². The lowest BCUT2D eigenvalue weighted by atomic mass is 9.92. The minimum Gasteiger partial charge on any atom is -0.465 e. The monoisotopic (exact) mass is 199 g/mol. The zero-order valence-corrected chi connectivity index (χ0v) is 9.00. The van der Waals surface area contributed by atoms with Crippen LogP contribution in [0.15, 0.2) is 0 Å². The van der Waals surface area contributed by atoms with E-state index < -0.39 is 6.04 Å². The Labute approximate surface area is 86.0 Å². The molecule has 0 saturated heterocycles. The molecule has 0 aromatic heterocycles. The minimum absolute atomic E-state index is 0.223. The SMILES string of the molecule is CCOC(=O)[C@H](N)C1CCCCCC1. The number of nitrogens with two attached hydrogens (primary N) is 1. The number of carbonyl (C=O) groups excluding carboxylic acids is 1. The molecule has 82 valence electrons. The van der Waals surface area contributed by atoms with E-state index >= 15 is 0 Å². The van der Waals surface area contributed by atoms with Crippen LogP contribution in [0.5, 0.6) is 0 Å². The summed E-state index contributed by atoms with van der Waals surface area (Å²) in [4.78, 5) is 11.4. The van der Waals surface area contributed by atoms with E-state index in [0.717, 1.165) is 12.8 Å². The lowest BCUT2D eigenvalue weighted by Gasteiger charge is -2.20. The molecule has 1 aliphatic rings. The van der Waals surface area contributed by atoms with E-state index in [1.165, 1.54) is 25.7 Å². The zero-order valence-electron chi connectivity index (χ0n) is 9.00. The summed E-state index contributed by atoms with van der Waals surface area (Å²) in [7, 11) is 0. The maximum atomic E-state index is 11.4. The molecule has 2 N–H and O–H groups in total. The first kappa shape index (κ1) is 11.5. The molecule has 0 spiro atoms. The summed E-state index contributed by atoms with van der Waals surface area (Å²) < 4.78 is 4.93. The number of hydrogen-bond donors (Lipinski definition) is 1. The summed E-state index contributed by atoms with van der Waals surface area (Å²) >= 11 is 0. The van der Waals surface area contributed by atoms with Crippen LogP contribution in [0.3, 0.4) is 0 Å². The normalized spacial score (nSPS) is 21.3. The van der Waals surface area contributed by atoms with E-state index in [1.807, 2.05) is 6.92 Å². The topological polar surface area (TPSA) is 52.3 Å². The van der Waals surface area contributed by atoms with Gasteiger partial charge in [-0.25, -0.2) is 0 Å². The fourth-order valence-electron chi connectivity index (χ4n) is 2.10. The van der Waals surface area contributed by atoms with Crippen molar-refractivity contribution < 1.29 is 9.53 Å². The fourth-order valence-corrected chi connectivity index (χ4v) is 2.10. The second-order valence-corrected chi connectivity index (χ2v) is 4.03. The first-order valence-electron chi connectivity index (χ1n) is 5.68. The Morgan fingerprint density at radius 3 is 2.43 bits per heavy atom. The highest BCUT2D eigenvalue weighted by molar-refractivity contribution is 5.75. The Morgan fingerprint density at radius 2 is 1.93 bits per heavy atom. The van der Waals surface area contributed by atoms with Gasteiger partial charge in [0.15, 0.2) is 0 Å². The molecule has 1 fully saturated rings. The summed E-state index contributed by atoms with van der Waals surface area (Å²) in [5.41, 5.74) is 5.87. The number of carbonyl (C=O) groups is 1. The third-order valence-corrected chi connectivity index (χ3v) is 2.97. The number of esters is 1. The zero-order chi connectivity index (χ0) is 10.4. The second-order valence-electron chi connectivity index (χ2n) is 4.03. The van der Waals surface area contributed by atoms with Gasteiger partial charge < -0.3 is 10.5 Å². The van der Waals surface area contributed by atoms with E-state index in [1.54, 1.807) is 0 Å². The summed E-state index contributed by atoms with van der Waals surface area (Å²) in [6.07, 6.45) is 7.15. The van der Waals surface area contributed by atoms with Crippen molar-refractivity contribution in [3.63, 3.8) is 0 Å². The van der Waals surface area contributed by atoms with Crippen LogP contribution in [0, 0.1) is 5.92 Å². The van der Waals surface area contributed by atoms with E-state index in [0.29, 0.717) is 12.5 Å². The molecule has 0 amide bonds. The molecule has 0 radical (unpaired) electrons. The van der Waals surface area contributed by atoms with Crippen molar-refractivity contribution in [2.75, 3.05) is 6.61 Å². The Kier molecular flexibility index (Phi) is 4.94. The van der Waals surface area contributed by atoms with E-state index in [4.69, 9.17) is 10.5 Å². The lowest BCUT2D eigenvalue weighted by Crippen LogP contribution is -2.39. The molecule has 1 saturated carbocycles. The fraction of sp³-hybridized carbons (Fsp3) is 0.909. The first-order chi connectivity index (χ1) is 6.75. The van der Waals surface area contributed by atoms with Crippen LogP contribution in [0.2, 0.25) is 0 Å². The molecule has 0 aromatic carbocycles. The van der Waals surface area contributed by atoms with Crippen molar-refractivity contribution in [3.05, 3.63) is 0 Å². The second kappa shape index (κ2) is 6.02. The lowest BCUT2D eigenvalue weighted by molar-refractivity contribution is -0.146. The summed E-state index contributed by atoms with van der Waals surface area (Å²) in [5.74, 6) is 0.121. The molecule has 3 nitrogen and oxygen atoms in total. The van der Waals surface area contributed by atoms with Gasteiger partial charge in [0.05, 0.1) is 6.61 Å². The van der Waals surface area contributed by atoms with E-state index in [9.17, 15) is 4.79 Å². The Hall–Kier alpha value is -0.570. The van der Waals surface area contributed by atoms with Crippen LogP contribution < -0.4 is 5.73 Å². The maximum absolute atomic E-state index is 11.4. The highest BCUT2D eigenvalue weighted by Crippen LogP contribution is 2.25. The minimum atomic E-state index is -0.395. The van der Waals surface area contributed by atoms with Crippen molar-refractivity contribution in [1.82, 2.24) is 0 Å². The number of hydrogen-bond acceptors (Lipinski definition) is 3. The highest BCUT2D eigenvalue weighted by atomic mass is 16.5. The molecule has 0 aromatic rings. The van der Waals surface area contributed by atoms with Gasteiger partial charge in [0.2, 0.25) is 0 Å². The maximum Gasteiger partial charge on any atom is 0.323 e. The van der Waals surface area contributed by atoms with Crippen LogP contribution in [-0.2, 0) is 9.53 Å². The third kappa shape index (κ3) is 3.29.